The zero-order valence-electron chi connectivity index (χ0n) is 17.3. The molecule has 0 radical (unpaired) electrons. The normalized spacial score (nSPS) is 15.9. The van der Waals surface area contributed by atoms with Crippen molar-refractivity contribution in [1.29, 1.82) is 0 Å². The molecular formula is C22H29N3O4. The molecule has 2 aromatic rings. The molecule has 0 bridgehead atoms. The Labute approximate surface area is 171 Å². The van der Waals surface area contributed by atoms with E-state index < -0.39 is 0 Å². The molecule has 2 amide bonds. The van der Waals surface area contributed by atoms with Crippen LogP contribution in [0.1, 0.15) is 35.0 Å². The van der Waals surface area contributed by atoms with E-state index in [1.165, 1.54) is 6.26 Å². The van der Waals surface area contributed by atoms with Crippen LogP contribution in [0.25, 0.3) is 0 Å². The maximum Gasteiger partial charge on any atom is 0.289 e. The van der Waals surface area contributed by atoms with Gasteiger partial charge in [-0.25, -0.2) is 0 Å². The Balaban J connectivity index is 1.51. The molecule has 1 aliphatic heterocycles. The van der Waals surface area contributed by atoms with Gasteiger partial charge in [-0.3, -0.25) is 9.59 Å². The SMILES string of the molecule is COc1ccc([C@@H](CNC(=O)C2CCN(C(=O)c3ccco3)CC2)N(C)C)cc1. The van der Waals surface area contributed by atoms with Gasteiger partial charge < -0.3 is 24.3 Å². The standard InChI is InChI=1S/C22H29N3O4/c1-24(2)19(16-6-8-18(28-3)9-7-16)15-23-21(26)17-10-12-25(13-11-17)22(27)20-5-4-14-29-20/h4-9,14,17,19H,10-13,15H2,1-3H3,(H,23,26)/t19-/m1/s1. The Kier molecular flexibility index (Phi) is 6.93. The molecule has 7 nitrogen and oxygen atoms in total. The summed E-state index contributed by atoms with van der Waals surface area (Å²) < 4.78 is 10.4. The zero-order valence-corrected chi connectivity index (χ0v) is 17.3. The second kappa shape index (κ2) is 9.60. The highest BCUT2D eigenvalue weighted by Gasteiger charge is 2.29. The van der Waals surface area contributed by atoms with Crippen molar-refractivity contribution < 1.29 is 18.7 Å². The average Bonchev–Trinajstić information content (AvgIpc) is 3.28. The molecule has 1 aromatic heterocycles. The van der Waals surface area contributed by atoms with E-state index in [1.54, 1.807) is 24.1 Å². The number of piperidine rings is 1. The van der Waals surface area contributed by atoms with Gasteiger partial charge in [0.15, 0.2) is 5.76 Å². The first-order chi connectivity index (χ1) is 14.0. The first-order valence-electron chi connectivity index (χ1n) is 9.90. The molecule has 1 saturated heterocycles. The van der Waals surface area contributed by atoms with E-state index in [2.05, 4.69) is 10.2 Å². The highest BCUT2D eigenvalue weighted by Crippen LogP contribution is 2.22. The lowest BCUT2D eigenvalue weighted by molar-refractivity contribution is -0.126. The number of hydrogen-bond donors (Lipinski definition) is 1. The molecule has 0 saturated carbocycles. The molecule has 7 heteroatoms. The summed E-state index contributed by atoms with van der Waals surface area (Å²) in [4.78, 5) is 28.9. The fraction of sp³-hybridized carbons (Fsp3) is 0.455. The number of methoxy groups -OCH3 is 1. The highest BCUT2D eigenvalue weighted by atomic mass is 16.5. The van der Waals surface area contributed by atoms with Crippen LogP contribution in [-0.4, -0.2) is 62.5 Å². The van der Waals surface area contributed by atoms with Gasteiger partial charge in [-0.15, -0.1) is 0 Å². The number of carbonyl (C=O) groups excluding carboxylic acids is 2. The van der Waals surface area contributed by atoms with Crippen LogP contribution in [0, 0.1) is 5.92 Å². The predicted molar refractivity (Wildman–Crippen MR) is 110 cm³/mol. The lowest BCUT2D eigenvalue weighted by Crippen LogP contribution is -2.44. The Bertz CT molecular complexity index is 794. The molecule has 156 valence electrons. The number of nitrogens with zero attached hydrogens (tertiary/aromatic N) is 2. The van der Waals surface area contributed by atoms with E-state index in [-0.39, 0.29) is 23.8 Å². The second-order valence-corrected chi connectivity index (χ2v) is 7.54. The third-order valence-corrected chi connectivity index (χ3v) is 5.48. The summed E-state index contributed by atoms with van der Waals surface area (Å²) in [5, 5.41) is 3.10. The van der Waals surface area contributed by atoms with Crippen LogP contribution in [0.2, 0.25) is 0 Å². The molecule has 1 aliphatic rings. The average molecular weight is 399 g/mol. The van der Waals surface area contributed by atoms with Crippen LogP contribution < -0.4 is 10.1 Å². The molecule has 2 heterocycles. The third-order valence-electron chi connectivity index (χ3n) is 5.48. The smallest absolute Gasteiger partial charge is 0.289 e. The topological polar surface area (TPSA) is 75.0 Å². The number of benzene rings is 1. The summed E-state index contributed by atoms with van der Waals surface area (Å²) in [6.45, 7) is 1.66. The number of ether oxygens (including phenoxy) is 1. The van der Waals surface area contributed by atoms with Gasteiger partial charge in [0, 0.05) is 25.6 Å². The van der Waals surface area contributed by atoms with Gasteiger partial charge in [0.05, 0.1) is 19.4 Å². The van der Waals surface area contributed by atoms with Crippen molar-refractivity contribution >= 4 is 11.8 Å². The minimum absolute atomic E-state index is 0.0514. The lowest BCUT2D eigenvalue weighted by Gasteiger charge is -2.31. The first-order valence-corrected chi connectivity index (χ1v) is 9.90. The van der Waals surface area contributed by atoms with Gasteiger partial charge in [-0.1, -0.05) is 12.1 Å². The molecule has 0 aliphatic carbocycles. The molecule has 3 rings (SSSR count). The lowest BCUT2D eigenvalue weighted by atomic mass is 9.95. The van der Waals surface area contributed by atoms with Crippen LogP contribution >= 0.6 is 0 Å². The van der Waals surface area contributed by atoms with Gasteiger partial charge in [0.1, 0.15) is 5.75 Å². The van der Waals surface area contributed by atoms with Gasteiger partial charge >= 0.3 is 0 Å². The monoisotopic (exact) mass is 399 g/mol. The van der Waals surface area contributed by atoms with Gasteiger partial charge in [-0.05, 0) is 56.8 Å². The Hall–Kier alpha value is -2.80. The number of furan rings is 1. The van der Waals surface area contributed by atoms with Gasteiger partial charge in [0.25, 0.3) is 5.91 Å². The summed E-state index contributed by atoms with van der Waals surface area (Å²) in [6.07, 6.45) is 2.82. The molecule has 1 aromatic carbocycles. The Morgan fingerprint density at radius 2 is 1.90 bits per heavy atom. The summed E-state index contributed by atoms with van der Waals surface area (Å²) in [7, 11) is 5.64. The molecule has 1 N–H and O–H groups in total. The van der Waals surface area contributed by atoms with E-state index in [4.69, 9.17) is 9.15 Å². The van der Waals surface area contributed by atoms with Crippen molar-refractivity contribution in [2.75, 3.05) is 40.8 Å². The summed E-state index contributed by atoms with van der Waals surface area (Å²) in [6, 6.07) is 11.4. The fourth-order valence-corrected chi connectivity index (χ4v) is 3.67. The van der Waals surface area contributed by atoms with Crippen LogP contribution in [0.5, 0.6) is 5.75 Å². The molecule has 0 unspecified atom stereocenters. The van der Waals surface area contributed by atoms with Crippen molar-refractivity contribution in [3.8, 4) is 5.75 Å². The van der Waals surface area contributed by atoms with Crippen molar-refractivity contribution in [2.24, 2.45) is 5.92 Å². The highest BCUT2D eigenvalue weighted by molar-refractivity contribution is 5.91. The van der Waals surface area contributed by atoms with Crippen molar-refractivity contribution in [3.63, 3.8) is 0 Å². The third kappa shape index (κ3) is 5.17. The number of likely N-dealkylation sites (N-methyl/N-ethyl adjacent to an activating group) is 1. The van der Waals surface area contributed by atoms with Gasteiger partial charge in [0.2, 0.25) is 5.91 Å². The van der Waals surface area contributed by atoms with Crippen molar-refractivity contribution in [1.82, 2.24) is 15.1 Å². The van der Waals surface area contributed by atoms with E-state index in [9.17, 15) is 9.59 Å². The van der Waals surface area contributed by atoms with Crippen LogP contribution in [0.3, 0.4) is 0 Å². The number of nitrogens with one attached hydrogen (secondary N) is 1. The van der Waals surface area contributed by atoms with Crippen molar-refractivity contribution in [3.05, 3.63) is 54.0 Å². The summed E-state index contributed by atoms with van der Waals surface area (Å²) in [5.41, 5.74) is 1.12. The first kappa shape index (κ1) is 20.9. The minimum atomic E-state index is -0.110. The van der Waals surface area contributed by atoms with Crippen LogP contribution in [-0.2, 0) is 4.79 Å². The Morgan fingerprint density at radius 3 is 2.45 bits per heavy atom. The second-order valence-electron chi connectivity index (χ2n) is 7.54. The predicted octanol–water partition coefficient (Wildman–Crippen LogP) is 2.56. The number of rotatable bonds is 7. The largest absolute Gasteiger partial charge is 0.497 e. The quantitative estimate of drug-likeness (QED) is 0.775. The number of likely N-dealkylation sites (tertiary alicyclic amines) is 1. The van der Waals surface area contributed by atoms with E-state index in [0.717, 1.165) is 11.3 Å². The molecule has 29 heavy (non-hydrogen) atoms. The van der Waals surface area contributed by atoms with E-state index in [0.29, 0.717) is 38.2 Å². The van der Waals surface area contributed by atoms with E-state index in [1.807, 2.05) is 38.4 Å². The summed E-state index contributed by atoms with van der Waals surface area (Å²) >= 11 is 0. The number of carbonyl (C=O) groups is 2. The minimum Gasteiger partial charge on any atom is -0.497 e. The fourth-order valence-electron chi connectivity index (χ4n) is 3.67. The van der Waals surface area contributed by atoms with Crippen molar-refractivity contribution in [2.45, 2.75) is 18.9 Å². The molecular weight excluding hydrogens is 370 g/mol. The molecule has 0 spiro atoms. The molecule has 1 atom stereocenters. The number of hydrogen-bond acceptors (Lipinski definition) is 5. The maximum atomic E-state index is 12.7. The maximum absolute atomic E-state index is 12.7. The Morgan fingerprint density at radius 1 is 1.21 bits per heavy atom. The van der Waals surface area contributed by atoms with Crippen LogP contribution in [0.4, 0.5) is 0 Å². The number of amides is 2. The molecule has 1 fully saturated rings. The van der Waals surface area contributed by atoms with E-state index >= 15 is 0 Å². The van der Waals surface area contributed by atoms with Gasteiger partial charge in [-0.2, -0.15) is 0 Å². The zero-order chi connectivity index (χ0) is 20.8. The summed E-state index contributed by atoms with van der Waals surface area (Å²) in [5.74, 6) is 1.03. The van der Waals surface area contributed by atoms with Crippen LogP contribution in [0.15, 0.2) is 47.1 Å².